The first-order valence-electron chi connectivity index (χ1n) is 7.46. The molecule has 1 rings (SSSR count). The highest BCUT2D eigenvalue weighted by Crippen LogP contribution is 2.27. The van der Waals surface area contributed by atoms with Crippen LogP contribution >= 0.6 is 0 Å². The molecule has 0 bridgehead atoms. The van der Waals surface area contributed by atoms with E-state index < -0.39 is 5.60 Å². The Labute approximate surface area is 113 Å². The van der Waals surface area contributed by atoms with Crippen LogP contribution in [0, 0.1) is 5.92 Å². The number of nitrogens with zero attached hydrogens (tertiary/aromatic N) is 1. The number of rotatable bonds is 6. The van der Waals surface area contributed by atoms with Crippen LogP contribution in [0.2, 0.25) is 0 Å². The molecule has 1 saturated carbocycles. The zero-order chi connectivity index (χ0) is 13.8. The van der Waals surface area contributed by atoms with Gasteiger partial charge in [0.05, 0.1) is 5.60 Å². The molecular weight excluding hydrogens is 224 g/mol. The molecule has 0 aromatic heterocycles. The lowest BCUT2D eigenvalue weighted by Crippen LogP contribution is -2.50. The van der Waals surface area contributed by atoms with E-state index in [1.165, 1.54) is 25.7 Å². The largest absolute Gasteiger partial charge is 0.388 e. The second kappa shape index (κ2) is 6.88. The molecule has 0 amide bonds. The molecule has 108 valence electrons. The summed E-state index contributed by atoms with van der Waals surface area (Å²) in [7, 11) is 2.16. The van der Waals surface area contributed by atoms with E-state index in [0.29, 0.717) is 18.6 Å². The standard InChI is InChI=1S/C15H32N2O/c1-12(2)16-10-15(4,18)11-17(5)14-8-6-7-13(3)9-14/h12-14,16,18H,6-11H2,1-5H3. The summed E-state index contributed by atoms with van der Waals surface area (Å²) in [5.41, 5.74) is -0.639. The van der Waals surface area contributed by atoms with E-state index in [-0.39, 0.29) is 0 Å². The van der Waals surface area contributed by atoms with E-state index in [1.54, 1.807) is 0 Å². The van der Waals surface area contributed by atoms with Crippen molar-refractivity contribution in [3.63, 3.8) is 0 Å². The number of likely N-dealkylation sites (N-methyl/N-ethyl adjacent to an activating group) is 1. The Morgan fingerprint density at radius 3 is 2.61 bits per heavy atom. The number of nitrogens with one attached hydrogen (secondary N) is 1. The van der Waals surface area contributed by atoms with Gasteiger partial charge in [-0.05, 0) is 32.7 Å². The summed E-state index contributed by atoms with van der Waals surface area (Å²) >= 11 is 0. The van der Waals surface area contributed by atoms with Gasteiger partial charge in [0.2, 0.25) is 0 Å². The Kier molecular flexibility index (Phi) is 6.09. The highest BCUT2D eigenvalue weighted by Gasteiger charge is 2.28. The van der Waals surface area contributed by atoms with Crippen molar-refractivity contribution in [1.29, 1.82) is 0 Å². The van der Waals surface area contributed by atoms with Crippen molar-refractivity contribution in [3.8, 4) is 0 Å². The fourth-order valence-electron chi connectivity index (χ4n) is 2.95. The molecule has 0 spiro atoms. The first kappa shape index (κ1) is 15.9. The molecule has 0 aromatic carbocycles. The molecule has 18 heavy (non-hydrogen) atoms. The second-order valence-electron chi connectivity index (χ2n) is 6.87. The predicted molar refractivity (Wildman–Crippen MR) is 77.8 cm³/mol. The van der Waals surface area contributed by atoms with Crippen molar-refractivity contribution in [2.24, 2.45) is 5.92 Å². The predicted octanol–water partition coefficient (Wildman–Crippen LogP) is 2.25. The van der Waals surface area contributed by atoms with Crippen molar-refractivity contribution in [1.82, 2.24) is 10.2 Å². The Hall–Kier alpha value is -0.120. The molecule has 2 N–H and O–H groups in total. The van der Waals surface area contributed by atoms with Crippen LogP contribution in [0.5, 0.6) is 0 Å². The van der Waals surface area contributed by atoms with Crippen LogP contribution in [0.25, 0.3) is 0 Å². The van der Waals surface area contributed by atoms with Gasteiger partial charge in [0.25, 0.3) is 0 Å². The van der Waals surface area contributed by atoms with Gasteiger partial charge < -0.3 is 15.3 Å². The lowest BCUT2D eigenvalue weighted by atomic mass is 9.86. The van der Waals surface area contributed by atoms with Gasteiger partial charge in [0, 0.05) is 25.2 Å². The minimum absolute atomic E-state index is 0.427. The molecule has 3 unspecified atom stereocenters. The summed E-state index contributed by atoms with van der Waals surface area (Å²) in [6.07, 6.45) is 5.27. The minimum atomic E-state index is -0.639. The molecule has 3 nitrogen and oxygen atoms in total. The lowest BCUT2D eigenvalue weighted by Gasteiger charge is -2.38. The minimum Gasteiger partial charge on any atom is -0.388 e. The molecule has 0 heterocycles. The molecule has 1 aliphatic rings. The van der Waals surface area contributed by atoms with Crippen molar-refractivity contribution in [2.75, 3.05) is 20.1 Å². The van der Waals surface area contributed by atoms with E-state index in [9.17, 15) is 5.11 Å². The van der Waals surface area contributed by atoms with E-state index in [0.717, 1.165) is 12.5 Å². The monoisotopic (exact) mass is 256 g/mol. The summed E-state index contributed by atoms with van der Waals surface area (Å²) in [5.74, 6) is 0.838. The summed E-state index contributed by atoms with van der Waals surface area (Å²) in [5, 5.41) is 13.8. The molecule has 1 fully saturated rings. The van der Waals surface area contributed by atoms with Crippen LogP contribution in [0.3, 0.4) is 0 Å². The van der Waals surface area contributed by atoms with Gasteiger partial charge >= 0.3 is 0 Å². The van der Waals surface area contributed by atoms with Gasteiger partial charge in [-0.2, -0.15) is 0 Å². The van der Waals surface area contributed by atoms with Crippen molar-refractivity contribution in [3.05, 3.63) is 0 Å². The van der Waals surface area contributed by atoms with Gasteiger partial charge in [-0.3, -0.25) is 0 Å². The molecule has 3 atom stereocenters. The van der Waals surface area contributed by atoms with E-state index >= 15 is 0 Å². The SMILES string of the molecule is CC1CCCC(N(C)CC(C)(O)CNC(C)C)C1. The topological polar surface area (TPSA) is 35.5 Å². The summed E-state index contributed by atoms with van der Waals surface area (Å²) in [4.78, 5) is 2.36. The Balaban J connectivity index is 2.39. The van der Waals surface area contributed by atoms with Crippen LogP contribution in [0.15, 0.2) is 0 Å². The van der Waals surface area contributed by atoms with E-state index in [4.69, 9.17) is 0 Å². The van der Waals surface area contributed by atoms with Crippen molar-refractivity contribution < 1.29 is 5.11 Å². The Bertz CT molecular complexity index is 241. The first-order chi connectivity index (χ1) is 8.30. The van der Waals surface area contributed by atoms with Crippen LogP contribution in [0.4, 0.5) is 0 Å². The summed E-state index contributed by atoms with van der Waals surface area (Å²) in [6, 6.07) is 1.08. The van der Waals surface area contributed by atoms with Gasteiger partial charge in [0.1, 0.15) is 0 Å². The number of hydrogen-bond acceptors (Lipinski definition) is 3. The fourth-order valence-corrected chi connectivity index (χ4v) is 2.95. The quantitative estimate of drug-likeness (QED) is 0.765. The van der Waals surface area contributed by atoms with Gasteiger partial charge in [-0.15, -0.1) is 0 Å². The molecule has 0 saturated heterocycles. The summed E-state index contributed by atoms with van der Waals surface area (Å²) in [6.45, 7) is 9.93. The van der Waals surface area contributed by atoms with E-state index in [1.807, 2.05) is 6.92 Å². The van der Waals surface area contributed by atoms with Gasteiger partial charge in [-0.25, -0.2) is 0 Å². The molecular formula is C15H32N2O. The Morgan fingerprint density at radius 2 is 2.06 bits per heavy atom. The second-order valence-corrected chi connectivity index (χ2v) is 6.87. The van der Waals surface area contributed by atoms with Gasteiger partial charge in [0.15, 0.2) is 0 Å². The smallest absolute Gasteiger partial charge is 0.0869 e. The van der Waals surface area contributed by atoms with Crippen LogP contribution < -0.4 is 5.32 Å². The average molecular weight is 256 g/mol. The fraction of sp³-hybridized carbons (Fsp3) is 1.00. The molecule has 0 aliphatic heterocycles. The number of aliphatic hydroxyl groups is 1. The maximum Gasteiger partial charge on any atom is 0.0869 e. The van der Waals surface area contributed by atoms with Crippen molar-refractivity contribution in [2.45, 2.75) is 71.1 Å². The third-order valence-corrected chi connectivity index (χ3v) is 4.01. The lowest BCUT2D eigenvalue weighted by molar-refractivity contribution is 0.00656. The zero-order valence-corrected chi connectivity index (χ0v) is 12.9. The Morgan fingerprint density at radius 1 is 1.39 bits per heavy atom. The average Bonchev–Trinajstić information content (AvgIpc) is 2.26. The highest BCUT2D eigenvalue weighted by molar-refractivity contribution is 4.84. The van der Waals surface area contributed by atoms with Gasteiger partial charge in [-0.1, -0.05) is 33.6 Å². The van der Waals surface area contributed by atoms with Crippen molar-refractivity contribution >= 4 is 0 Å². The molecule has 0 aromatic rings. The molecule has 0 radical (unpaired) electrons. The first-order valence-corrected chi connectivity index (χ1v) is 7.46. The maximum atomic E-state index is 10.4. The van der Waals surface area contributed by atoms with Crippen LogP contribution in [0.1, 0.15) is 53.4 Å². The van der Waals surface area contributed by atoms with Crippen LogP contribution in [-0.2, 0) is 0 Å². The molecule has 3 heteroatoms. The zero-order valence-electron chi connectivity index (χ0n) is 12.9. The van der Waals surface area contributed by atoms with Crippen LogP contribution in [-0.4, -0.2) is 47.8 Å². The number of hydrogen-bond donors (Lipinski definition) is 2. The third kappa shape index (κ3) is 5.68. The molecule has 1 aliphatic carbocycles. The summed E-state index contributed by atoms with van der Waals surface area (Å²) < 4.78 is 0. The maximum absolute atomic E-state index is 10.4. The van der Waals surface area contributed by atoms with E-state index in [2.05, 4.69) is 38.0 Å². The third-order valence-electron chi connectivity index (χ3n) is 4.01. The normalized spacial score (nSPS) is 28.7. The highest BCUT2D eigenvalue weighted by atomic mass is 16.3.